The first-order valence-corrected chi connectivity index (χ1v) is 12.0. The van der Waals surface area contributed by atoms with Gasteiger partial charge in [-0.25, -0.2) is 0 Å². The number of nitrogens with zero attached hydrogens (tertiary/aromatic N) is 5. The molecular weight excluding hydrogens is 463 g/mol. The molecule has 0 amide bonds. The lowest BCUT2D eigenvalue weighted by Crippen LogP contribution is -2.53. The molecule has 9 N–H and O–H groups in total. The Morgan fingerprint density at radius 1 is 0.818 bits per heavy atom. The normalized spacial score (nSPS) is 25.9. The van der Waals surface area contributed by atoms with Crippen LogP contribution in [0.15, 0.2) is 18.2 Å². The Labute approximate surface area is 204 Å². The van der Waals surface area contributed by atoms with E-state index in [9.17, 15) is 0 Å². The SMILES string of the molecule is NC[C@@H]1C[C@H](CN)CN(c2nc(Nc3ccc(Cl)c(Cl)c3)nc(N3C[C@H](N)C[C@H](N)C3)n2)C1. The number of hydrogen-bond donors (Lipinski definition) is 5. The van der Waals surface area contributed by atoms with Gasteiger partial charge in [0.05, 0.1) is 10.0 Å². The van der Waals surface area contributed by atoms with Gasteiger partial charge in [-0.05, 0) is 56.0 Å². The average molecular weight is 495 g/mol. The van der Waals surface area contributed by atoms with Gasteiger partial charge >= 0.3 is 0 Å². The van der Waals surface area contributed by atoms with E-state index in [1.54, 1.807) is 12.1 Å². The molecule has 2 aliphatic rings. The summed E-state index contributed by atoms with van der Waals surface area (Å²) in [5, 5.41) is 4.15. The van der Waals surface area contributed by atoms with Crippen LogP contribution < -0.4 is 38.1 Å². The highest BCUT2D eigenvalue weighted by Gasteiger charge is 2.30. The van der Waals surface area contributed by atoms with E-state index in [4.69, 9.17) is 56.1 Å². The standard InChI is InChI=1S/C21H32Cl2N10/c22-17-2-1-16(5-18(17)23)28-19-29-20(32-8-12(6-24)3-13(7-25)9-32)31-21(30-19)33-10-14(26)4-15(27)11-33/h1-2,5,12-15H,3-4,6-11,24-27H2,(H,28,29,30,31)/t12-,13+,14-,15+. The molecule has 12 heteroatoms. The fraction of sp³-hybridized carbons (Fsp3) is 0.571. The number of hydrogen-bond acceptors (Lipinski definition) is 10. The van der Waals surface area contributed by atoms with Crippen LogP contribution in [0.25, 0.3) is 0 Å². The summed E-state index contributed by atoms with van der Waals surface area (Å²) in [6, 6.07) is 5.19. The van der Waals surface area contributed by atoms with Crippen LogP contribution in [-0.2, 0) is 0 Å². The number of anilines is 4. The van der Waals surface area contributed by atoms with Crippen LogP contribution in [-0.4, -0.2) is 66.3 Å². The summed E-state index contributed by atoms with van der Waals surface area (Å²) in [4.78, 5) is 18.4. The van der Waals surface area contributed by atoms with Crippen molar-refractivity contribution in [3.8, 4) is 0 Å². The van der Waals surface area contributed by atoms with E-state index >= 15 is 0 Å². The van der Waals surface area contributed by atoms with Crippen LogP contribution in [0.4, 0.5) is 23.5 Å². The molecule has 2 saturated heterocycles. The molecule has 0 radical (unpaired) electrons. The maximum absolute atomic E-state index is 6.22. The minimum Gasteiger partial charge on any atom is -0.340 e. The van der Waals surface area contributed by atoms with Gasteiger partial charge in [0.25, 0.3) is 0 Å². The second-order valence-electron chi connectivity index (χ2n) is 9.02. The van der Waals surface area contributed by atoms with Gasteiger partial charge in [0, 0.05) is 44.0 Å². The van der Waals surface area contributed by atoms with Crippen molar-refractivity contribution in [1.29, 1.82) is 0 Å². The smallest absolute Gasteiger partial charge is 0.233 e. The first-order chi connectivity index (χ1) is 15.8. The number of halogens is 2. The quantitative estimate of drug-likeness (QED) is 0.393. The van der Waals surface area contributed by atoms with Crippen LogP contribution in [0.2, 0.25) is 10.0 Å². The second kappa shape index (κ2) is 10.5. The number of nitrogens with one attached hydrogen (secondary N) is 1. The fourth-order valence-corrected chi connectivity index (χ4v) is 4.86. The predicted octanol–water partition coefficient (Wildman–Crippen LogP) is 1.15. The predicted molar refractivity (Wildman–Crippen MR) is 134 cm³/mol. The molecule has 0 spiro atoms. The number of aromatic nitrogens is 3. The van der Waals surface area contributed by atoms with Crippen molar-refractivity contribution in [3.63, 3.8) is 0 Å². The van der Waals surface area contributed by atoms with E-state index in [1.165, 1.54) is 0 Å². The molecule has 3 heterocycles. The molecule has 0 bridgehead atoms. The van der Waals surface area contributed by atoms with E-state index in [0.717, 1.165) is 31.6 Å². The Morgan fingerprint density at radius 2 is 1.39 bits per heavy atom. The van der Waals surface area contributed by atoms with E-state index in [1.807, 2.05) is 11.0 Å². The van der Waals surface area contributed by atoms with Crippen molar-refractivity contribution >= 4 is 46.7 Å². The molecule has 4 atom stereocenters. The summed E-state index contributed by atoms with van der Waals surface area (Å²) < 4.78 is 0. The summed E-state index contributed by atoms with van der Waals surface area (Å²) in [5.74, 6) is 2.17. The maximum atomic E-state index is 6.22. The molecule has 33 heavy (non-hydrogen) atoms. The van der Waals surface area contributed by atoms with Crippen molar-refractivity contribution in [1.82, 2.24) is 15.0 Å². The Kier molecular flexibility index (Phi) is 7.72. The van der Waals surface area contributed by atoms with Gasteiger partial charge in [-0.3, -0.25) is 0 Å². The minimum absolute atomic E-state index is 0.0429. The highest BCUT2D eigenvalue weighted by Crippen LogP contribution is 2.29. The van der Waals surface area contributed by atoms with Gasteiger partial charge < -0.3 is 38.1 Å². The van der Waals surface area contributed by atoms with Crippen molar-refractivity contribution < 1.29 is 0 Å². The molecule has 2 aromatic rings. The highest BCUT2D eigenvalue weighted by atomic mass is 35.5. The first kappa shape index (κ1) is 24.2. The van der Waals surface area contributed by atoms with Crippen molar-refractivity contribution in [2.24, 2.45) is 34.8 Å². The molecule has 10 nitrogen and oxygen atoms in total. The van der Waals surface area contributed by atoms with Crippen molar-refractivity contribution in [3.05, 3.63) is 28.2 Å². The van der Waals surface area contributed by atoms with E-state index in [0.29, 0.717) is 65.9 Å². The lowest BCUT2D eigenvalue weighted by atomic mass is 9.89. The zero-order chi connectivity index (χ0) is 23.5. The fourth-order valence-electron chi connectivity index (χ4n) is 4.56. The van der Waals surface area contributed by atoms with Gasteiger partial charge in [0.15, 0.2) is 0 Å². The van der Waals surface area contributed by atoms with E-state index < -0.39 is 0 Å². The lowest BCUT2D eigenvalue weighted by Gasteiger charge is -2.38. The maximum Gasteiger partial charge on any atom is 0.233 e. The zero-order valence-corrected chi connectivity index (χ0v) is 20.0. The summed E-state index contributed by atoms with van der Waals surface area (Å²) in [7, 11) is 0. The molecule has 4 rings (SSSR count). The Hall–Kier alpha value is -1.95. The molecule has 2 aliphatic heterocycles. The molecule has 1 aromatic heterocycles. The Balaban J connectivity index is 1.68. The molecular formula is C21H32Cl2N10. The molecule has 180 valence electrons. The van der Waals surface area contributed by atoms with Gasteiger partial charge in [-0.2, -0.15) is 15.0 Å². The third-order valence-electron chi connectivity index (χ3n) is 6.16. The first-order valence-electron chi connectivity index (χ1n) is 11.2. The summed E-state index contributed by atoms with van der Waals surface area (Å²) in [5.41, 5.74) is 25.2. The third kappa shape index (κ3) is 5.95. The zero-order valence-electron chi connectivity index (χ0n) is 18.5. The van der Waals surface area contributed by atoms with Crippen LogP contribution in [0.5, 0.6) is 0 Å². The Morgan fingerprint density at radius 3 is 1.94 bits per heavy atom. The highest BCUT2D eigenvalue weighted by molar-refractivity contribution is 6.42. The van der Waals surface area contributed by atoms with E-state index in [-0.39, 0.29) is 12.1 Å². The number of nitrogens with two attached hydrogens (primary N) is 4. The van der Waals surface area contributed by atoms with Gasteiger partial charge in [0.2, 0.25) is 17.8 Å². The minimum atomic E-state index is -0.0429. The summed E-state index contributed by atoms with van der Waals surface area (Å²) in [6.07, 6.45) is 1.77. The van der Waals surface area contributed by atoms with Crippen molar-refractivity contribution in [2.45, 2.75) is 24.9 Å². The van der Waals surface area contributed by atoms with Crippen LogP contribution >= 0.6 is 23.2 Å². The molecule has 2 fully saturated rings. The summed E-state index contributed by atoms with van der Waals surface area (Å²) >= 11 is 12.2. The van der Waals surface area contributed by atoms with E-state index in [2.05, 4.69) is 15.2 Å². The number of rotatable bonds is 6. The third-order valence-corrected chi connectivity index (χ3v) is 6.90. The monoisotopic (exact) mass is 494 g/mol. The molecule has 0 saturated carbocycles. The summed E-state index contributed by atoms with van der Waals surface area (Å²) in [6.45, 7) is 3.97. The Bertz CT molecular complexity index is 939. The van der Waals surface area contributed by atoms with Crippen LogP contribution in [0.1, 0.15) is 12.8 Å². The topological polar surface area (TPSA) is 161 Å². The van der Waals surface area contributed by atoms with Gasteiger partial charge in [-0.1, -0.05) is 23.2 Å². The van der Waals surface area contributed by atoms with Gasteiger partial charge in [0.1, 0.15) is 0 Å². The van der Waals surface area contributed by atoms with Gasteiger partial charge in [-0.15, -0.1) is 0 Å². The number of piperidine rings is 2. The average Bonchev–Trinajstić information content (AvgIpc) is 2.80. The number of benzene rings is 1. The van der Waals surface area contributed by atoms with Crippen LogP contribution in [0.3, 0.4) is 0 Å². The second-order valence-corrected chi connectivity index (χ2v) is 9.83. The molecule has 0 unspecified atom stereocenters. The largest absolute Gasteiger partial charge is 0.340 e. The van der Waals surface area contributed by atoms with Crippen molar-refractivity contribution in [2.75, 3.05) is 54.4 Å². The lowest BCUT2D eigenvalue weighted by molar-refractivity contribution is 0.326. The molecule has 0 aliphatic carbocycles. The van der Waals surface area contributed by atoms with Crippen LogP contribution in [0, 0.1) is 11.8 Å². The molecule has 1 aromatic carbocycles.